The van der Waals surface area contributed by atoms with Gasteiger partial charge in [0.25, 0.3) is 0 Å². The molecule has 0 aromatic carbocycles. The minimum Gasteiger partial charge on any atom is -0.870 e. The van der Waals surface area contributed by atoms with Crippen molar-refractivity contribution in [1.29, 1.82) is 0 Å². The molecule has 8 rings (SSSR count). The van der Waals surface area contributed by atoms with E-state index in [4.69, 9.17) is 27.9 Å². The summed E-state index contributed by atoms with van der Waals surface area (Å²) in [4.78, 5) is 39.1. The van der Waals surface area contributed by atoms with Gasteiger partial charge in [0.15, 0.2) is 11.6 Å². The molecule has 6 aliphatic rings. The SMILES string of the molecule is CCOC(=O)[C@H]1C2CCC(CC2)[C@@H]1Cc1nc(Cl)ncc1F.O=C(O)[C@H]1C2CCC(CC2)[C@@H]1Cc1nc(Cl)ncc1F.[Li+].[OH-]. The molecule has 6 saturated carbocycles. The molecule has 44 heavy (non-hydrogen) atoms. The van der Waals surface area contributed by atoms with Crippen LogP contribution < -0.4 is 18.9 Å². The van der Waals surface area contributed by atoms with E-state index >= 15 is 0 Å². The van der Waals surface area contributed by atoms with Crippen LogP contribution in [0, 0.1) is 59.0 Å². The number of carbonyl (C=O) groups is 2. The Kier molecular flexibility index (Phi) is 13.4. The summed E-state index contributed by atoms with van der Waals surface area (Å²) >= 11 is 11.5. The average Bonchev–Trinajstić information content (AvgIpc) is 2.98. The second kappa shape index (κ2) is 16.1. The van der Waals surface area contributed by atoms with Gasteiger partial charge in [0.05, 0.1) is 42.2 Å². The van der Waals surface area contributed by atoms with Gasteiger partial charge in [-0.05, 0) is 130 Å². The molecule has 2 N–H and O–H groups in total. The summed E-state index contributed by atoms with van der Waals surface area (Å²) < 4.78 is 33.0. The molecule has 14 heteroatoms. The Morgan fingerprint density at radius 2 is 1.18 bits per heavy atom. The second-order valence-electron chi connectivity index (χ2n) is 12.1. The van der Waals surface area contributed by atoms with Crippen LogP contribution in [0.4, 0.5) is 8.78 Å². The Morgan fingerprint density at radius 3 is 1.59 bits per heavy atom. The summed E-state index contributed by atoms with van der Waals surface area (Å²) in [6.45, 7) is 2.20. The van der Waals surface area contributed by atoms with Gasteiger partial charge in [0, 0.05) is 0 Å². The largest absolute Gasteiger partial charge is 1.00 e. The number of carbonyl (C=O) groups excluding carboxylic acids is 1. The first-order valence-electron chi connectivity index (χ1n) is 14.9. The average molecular weight is 649 g/mol. The van der Waals surface area contributed by atoms with Gasteiger partial charge in [0.2, 0.25) is 10.6 Å². The van der Waals surface area contributed by atoms with Crippen molar-refractivity contribution in [2.45, 2.75) is 71.1 Å². The molecule has 6 aliphatic carbocycles. The van der Waals surface area contributed by atoms with Gasteiger partial charge in [-0.2, -0.15) is 0 Å². The summed E-state index contributed by atoms with van der Waals surface area (Å²) in [6, 6.07) is 0. The van der Waals surface area contributed by atoms with Gasteiger partial charge in [-0.15, -0.1) is 0 Å². The maximum Gasteiger partial charge on any atom is 1.00 e. The van der Waals surface area contributed by atoms with Crippen LogP contribution in [0.2, 0.25) is 10.6 Å². The van der Waals surface area contributed by atoms with Crippen LogP contribution in [0.3, 0.4) is 0 Å². The van der Waals surface area contributed by atoms with Crippen LogP contribution in [0.25, 0.3) is 0 Å². The summed E-state index contributed by atoms with van der Waals surface area (Å²) in [5.41, 5.74) is 0.556. The number of hydrogen-bond donors (Lipinski definition) is 1. The third-order valence-electron chi connectivity index (χ3n) is 10.1. The number of aliphatic carboxylic acids is 1. The van der Waals surface area contributed by atoms with Crippen molar-refractivity contribution in [2.75, 3.05) is 6.61 Å². The van der Waals surface area contributed by atoms with E-state index in [0.717, 1.165) is 63.8 Å². The fourth-order valence-corrected chi connectivity index (χ4v) is 8.52. The first-order chi connectivity index (χ1) is 20.2. The predicted molar refractivity (Wildman–Crippen MR) is 152 cm³/mol. The van der Waals surface area contributed by atoms with Crippen molar-refractivity contribution in [3.63, 3.8) is 0 Å². The molecule has 2 aromatic rings. The zero-order valence-corrected chi connectivity index (χ0v) is 26.5. The van der Waals surface area contributed by atoms with Crippen LogP contribution in [0.5, 0.6) is 0 Å². The number of halogens is 4. The van der Waals surface area contributed by atoms with Crippen LogP contribution in [-0.2, 0) is 27.2 Å². The predicted octanol–water partition coefficient (Wildman–Crippen LogP) is 3.20. The Hall–Kier alpha value is -1.90. The molecule has 0 radical (unpaired) electrons. The molecule has 2 heterocycles. The number of carboxylic acid groups (broad SMARTS) is 1. The molecule has 0 aliphatic heterocycles. The van der Waals surface area contributed by atoms with Gasteiger partial charge >= 0.3 is 30.8 Å². The zero-order valence-electron chi connectivity index (χ0n) is 25.0. The molecule has 0 spiro atoms. The number of nitrogens with zero attached hydrogens (tertiary/aromatic N) is 4. The monoisotopic (exact) mass is 648 g/mol. The number of fused-ring (bicyclic) bond motifs is 6. The smallest absolute Gasteiger partial charge is 0.870 e. The van der Waals surface area contributed by atoms with Crippen molar-refractivity contribution in [1.82, 2.24) is 19.9 Å². The fraction of sp³-hybridized carbons (Fsp3) is 0.667. The van der Waals surface area contributed by atoms with E-state index in [9.17, 15) is 23.5 Å². The van der Waals surface area contributed by atoms with Crippen LogP contribution in [0.1, 0.15) is 69.7 Å². The van der Waals surface area contributed by atoms with E-state index in [2.05, 4.69) is 19.9 Å². The van der Waals surface area contributed by atoms with Gasteiger partial charge < -0.3 is 15.3 Å². The molecule has 236 valence electrons. The van der Waals surface area contributed by atoms with Gasteiger partial charge in [0.1, 0.15) is 0 Å². The number of esters is 1. The Bertz CT molecular complexity index is 1300. The number of ether oxygens (including phenoxy) is 1. The van der Waals surface area contributed by atoms with Crippen molar-refractivity contribution < 1.29 is 52.6 Å². The minimum atomic E-state index is -0.759. The van der Waals surface area contributed by atoms with Gasteiger partial charge in [-0.1, -0.05) is 0 Å². The summed E-state index contributed by atoms with van der Waals surface area (Å²) in [5, 5.41) is 9.53. The van der Waals surface area contributed by atoms with Crippen molar-refractivity contribution >= 4 is 35.1 Å². The maximum atomic E-state index is 13.9. The first kappa shape index (κ1) is 36.6. The van der Waals surface area contributed by atoms with E-state index in [0.29, 0.717) is 42.9 Å². The molecular formula is C30H37Cl2F2LiN4O5. The van der Waals surface area contributed by atoms with Crippen molar-refractivity contribution in [2.24, 2.45) is 47.3 Å². The fourth-order valence-electron chi connectivity index (χ4n) is 8.22. The number of carboxylic acids is 1. The van der Waals surface area contributed by atoms with Crippen LogP contribution >= 0.6 is 23.2 Å². The van der Waals surface area contributed by atoms with E-state index < -0.39 is 17.6 Å². The van der Waals surface area contributed by atoms with Crippen LogP contribution in [-0.4, -0.2) is 49.1 Å². The summed E-state index contributed by atoms with van der Waals surface area (Å²) in [5.74, 6) is -0.941. The molecule has 4 atom stereocenters. The van der Waals surface area contributed by atoms with E-state index in [1.165, 1.54) is 0 Å². The molecule has 6 fully saturated rings. The molecule has 4 bridgehead atoms. The number of hydrogen-bond acceptors (Lipinski definition) is 8. The van der Waals surface area contributed by atoms with Crippen LogP contribution in [0.15, 0.2) is 12.4 Å². The number of rotatable bonds is 7. The van der Waals surface area contributed by atoms with Gasteiger partial charge in [-0.25, -0.2) is 28.7 Å². The Morgan fingerprint density at radius 1 is 0.795 bits per heavy atom. The molecule has 0 saturated heterocycles. The minimum absolute atomic E-state index is 0. The van der Waals surface area contributed by atoms with Gasteiger partial charge in [-0.3, -0.25) is 9.59 Å². The summed E-state index contributed by atoms with van der Waals surface area (Å²) in [7, 11) is 0. The molecule has 2 aromatic heterocycles. The normalized spacial score (nSPS) is 29.8. The maximum absolute atomic E-state index is 13.9. The Labute approximate surface area is 277 Å². The van der Waals surface area contributed by atoms with E-state index in [-0.39, 0.29) is 76.2 Å². The number of aromatic nitrogens is 4. The second-order valence-corrected chi connectivity index (χ2v) is 12.8. The standard InChI is InChI=1S/C16H20ClFN2O2.C14H16ClFN2O2.Li.H2O/c1-2-22-15(21)14-10-5-3-9(4-6-10)11(14)7-13-12(18)8-19-16(17)20-13;15-14-17-6-10(16)11(18-14)5-9-7-1-3-8(4-2-7)12(9)13(19)20;;/h8-11,14H,2-7H2,1H3;6-9,12H,1-5H2,(H,19,20);;1H2/q;;+1;/p-1/t9?,10?,11-,14-;7?,8?,9-,12-;;/m00../s1. The summed E-state index contributed by atoms with van der Waals surface area (Å²) in [6.07, 6.45) is 11.3. The molecular weight excluding hydrogens is 612 g/mol. The third-order valence-corrected chi connectivity index (χ3v) is 10.4. The van der Waals surface area contributed by atoms with E-state index in [1.807, 2.05) is 6.92 Å². The quantitative estimate of drug-likeness (QED) is 0.272. The van der Waals surface area contributed by atoms with Crippen molar-refractivity contribution in [3.05, 3.63) is 46.0 Å². The van der Waals surface area contributed by atoms with Crippen molar-refractivity contribution in [3.8, 4) is 0 Å². The Balaban J connectivity index is 0.000000231. The molecule has 0 amide bonds. The first-order valence-corrected chi connectivity index (χ1v) is 15.6. The topological polar surface area (TPSA) is 145 Å². The third kappa shape index (κ3) is 8.08. The zero-order chi connectivity index (χ0) is 30.0. The molecule has 0 unspecified atom stereocenters. The molecule has 9 nitrogen and oxygen atoms in total. The van der Waals surface area contributed by atoms with E-state index in [1.54, 1.807) is 0 Å².